The second kappa shape index (κ2) is 5.66. The molecule has 21 heavy (non-hydrogen) atoms. The molecule has 0 aliphatic heterocycles. The molecule has 1 atom stereocenters. The lowest BCUT2D eigenvalue weighted by Gasteiger charge is -2.16. The molecule has 0 amide bonds. The van der Waals surface area contributed by atoms with Crippen LogP contribution in [0.1, 0.15) is 35.3 Å². The minimum atomic E-state index is -0.122. The summed E-state index contributed by atoms with van der Waals surface area (Å²) in [5, 5.41) is 1.14. The van der Waals surface area contributed by atoms with Gasteiger partial charge in [0, 0.05) is 11.1 Å². The molecule has 1 unspecified atom stereocenters. The third kappa shape index (κ3) is 2.67. The summed E-state index contributed by atoms with van der Waals surface area (Å²) in [7, 11) is 0. The van der Waals surface area contributed by atoms with Crippen LogP contribution in [0.25, 0.3) is 10.9 Å². The first-order valence-corrected chi connectivity index (χ1v) is 7.39. The van der Waals surface area contributed by atoms with Crippen molar-refractivity contribution in [1.82, 2.24) is 4.98 Å². The topological polar surface area (TPSA) is 38.9 Å². The van der Waals surface area contributed by atoms with Crippen LogP contribution in [0.5, 0.6) is 0 Å². The Kier molecular flexibility index (Phi) is 3.72. The van der Waals surface area contributed by atoms with E-state index in [2.05, 4.69) is 48.3 Å². The molecule has 0 saturated carbocycles. The number of nitrogens with zero attached hydrogens (tertiary/aromatic N) is 1. The summed E-state index contributed by atoms with van der Waals surface area (Å²) in [5.74, 6) is 0. The molecule has 0 aliphatic rings. The van der Waals surface area contributed by atoms with Gasteiger partial charge >= 0.3 is 0 Å². The lowest BCUT2D eigenvalue weighted by molar-refractivity contribution is 0.872. The van der Waals surface area contributed by atoms with Gasteiger partial charge in [0.1, 0.15) is 0 Å². The standard InChI is InChI=1S/C19H20N2/c1-3-14-7-6-8-15(12-14)19(20)17-11-13(2)21-18-10-5-4-9-16(17)18/h4-12,19H,3,20H2,1-2H3. The smallest absolute Gasteiger partial charge is 0.0708 e. The van der Waals surface area contributed by atoms with Crippen LogP contribution >= 0.6 is 0 Å². The van der Waals surface area contributed by atoms with Crippen LogP contribution in [0.4, 0.5) is 0 Å². The van der Waals surface area contributed by atoms with Gasteiger partial charge in [0.25, 0.3) is 0 Å². The van der Waals surface area contributed by atoms with Crippen LogP contribution in [0.3, 0.4) is 0 Å². The molecule has 0 radical (unpaired) electrons. The number of rotatable bonds is 3. The zero-order valence-corrected chi connectivity index (χ0v) is 12.5. The van der Waals surface area contributed by atoms with Gasteiger partial charge < -0.3 is 5.73 Å². The summed E-state index contributed by atoms with van der Waals surface area (Å²) in [6.45, 7) is 4.18. The summed E-state index contributed by atoms with van der Waals surface area (Å²) in [5.41, 5.74) is 12.2. The first kappa shape index (κ1) is 13.8. The van der Waals surface area contributed by atoms with E-state index < -0.39 is 0 Å². The second-order valence-corrected chi connectivity index (χ2v) is 5.45. The Morgan fingerprint density at radius 3 is 2.67 bits per heavy atom. The fraction of sp³-hybridized carbons (Fsp3) is 0.211. The highest BCUT2D eigenvalue weighted by molar-refractivity contribution is 5.83. The Morgan fingerprint density at radius 1 is 1.05 bits per heavy atom. The van der Waals surface area contributed by atoms with E-state index in [0.717, 1.165) is 34.1 Å². The largest absolute Gasteiger partial charge is 0.320 e. The number of hydrogen-bond donors (Lipinski definition) is 1. The van der Waals surface area contributed by atoms with Gasteiger partial charge in [-0.15, -0.1) is 0 Å². The lowest BCUT2D eigenvalue weighted by atomic mass is 9.94. The molecular formula is C19H20N2. The first-order chi connectivity index (χ1) is 10.2. The van der Waals surface area contributed by atoms with Gasteiger partial charge in [-0.1, -0.05) is 49.4 Å². The van der Waals surface area contributed by atoms with E-state index in [-0.39, 0.29) is 6.04 Å². The molecule has 0 bridgehead atoms. The Balaban J connectivity index is 2.14. The summed E-state index contributed by atoms with van der Waals surface area (Å²) in [4.78, 5) is 4.59. The van der Waals surface area contributed by atoms with Gasteiger partial charge in [0.15, 0.2) is 0 Å². The normalized spacial score (nSPS) is 12.5. The molecule has 2 heteroatoms. The highest BCUT2D eigenvalue weighted by Gasteiger charge is 2.13. The van der Waals surface area contributed by atoms with Crippen LogP contribution in [0.2, 0.25) is 0 Å². The van der Waals surface area contributed by atoms with E-state index in [4.69, 9.17) is 5.73 Å². The van der Waals surface area contributed by atoms with E-state index in [1.54, 1.807) is 0 Å². The van der Waals surface area contributed by atoms with Gasteiger partial charge in [-0.05, 0) is 42.2 Å². The fourth-order valence-corrected chi connectivity index (χ4v) is 2.78. The summed E-state index contributed by atoms with van der Waals surface area (Å²) < 4.78 is 0. The Labute approximate surface area is 125 Å². The van der Waals surface area contributed by atoms with Gasteiger partial charge in [0.05, 0.1) is 11.6 Å². The number of aromatic nitrogens is 1. The maximum Gasteiger partial charge on any atom is 0.0708 e. The molecule has 3 aromatic rings. The van der Waals surface area contributed by atoms with E-state index in [1.807, 2.05) is 25.1 Å². The van der Waals surface area contributed by atoms with Crippen LogP contribution in [0.15, 0.2) is 54.6 Å². The number of para-hydroxylation sites is 1. The SMILES string of the molecule is CCc1cccc(C(N)c2cc(C)nc3ccccc23)c1. The molecule has 0 saturated heterocycles. The molecule has 0 aliphatic carbocycles. The number of fused-ring (bicyclic) bond motifs is 1. The van der Waals surface area contributed by atoms with Crippen molar-refractivity contribution in [3.05, 3.63) is 77.0 Å². The maximum absolute atomic E-state index is 6.55. The van der Waals surface area contributed by atoms with Crippen molar-refractivity contribution in [2.45, 2.75) is 26.3 Å². The van der Waals surface area contributed by atoms with E-state index >= 15 is 0 Å². The van der Waals surface area contributed by atoms with Crippen molar-refractivity contribution >= 4 is 10.9 Å². The van der Waals surface area contributed by atoms with Crippen LogP contribution in [-0.4, -0.2) is 4.98 Å². The molecule has 3 rings (SSSR count). The molecule has 2 nitrogen and oxygen atoms in total. The monoisotopic (exact) mass is 276 g/mol. The molecule has 2 N–H and O–H groups in total. The van der Waals surface area contributed by atoms with Gasteiger partial charge in [-0.3, -0.25) is 4.98 Å². The molecule has 2 aromatic carbocycles. The number of benzene rings is 2. The van der Waals surface area contributed by atoms with Gasteiger partial charge in [-0.2, -0.15) is 0 Å². The van der Waals surface area contributed by atoms with E-state index in [0.29, 0.717) is 0 Å². The third-order valence-electron chi connectivity index (χ3n) is 3.93. The van der Waals surface area contributed by atoms with Crippen molar-refractivity contribution in [3.8, 4) is 0 Å². The minimum absolute atomic E-state index is 0.122. The average Bonchev–Trinajstić information content (AvgIpc) is 2.53. The lowest BCUT2D eigenvalue weighted by Crippen LogP contribution is -2.13. The molecule has 106 valence electrons. The fourth-order valence-electron chi connectivity index (χ4n) is 2.78. The minimum Gasteiger partial charge on any atom is -0.320 e. The average molecular weight is 276 g/mol. The predicted molar refractivity (Wildman–Crippen MR) is 88.3 cm³/mol. The van der Waals surface area contributed by atoms with Gasteiger partial charge in [-0.25, -0.2) is 0 Å². The third-order valence-corrected chi connectivity index (χ3v) is 3.93. The van der Waals surface area contributed by atoms with Crippen molar-refractivity contribution in [2.24, 2.45) is 5.73 Å². The zero-order chi connectivity index (χ0) is 14.8. The summed E-state index contributed by atoms with van der Waals surface area (Å²) >= 11 is 0. The predicted octanol–water partition coefficient (Wildman–Crippen LogP) is 4.15. The molecular weight excluding hydrogens is 256 g/mol. The number of pyridine rings is 1. The van der Waals surface area contributed by atoms with Gasteiger partial charge in [0.2, 0.25) is 0 Å². The highest BCUT2D eigenvalue weighted by atomic mass is 14.7. The molecule has 1 heterocycles. The molecule has 1 aromatic heterocycles. The molecule has 0 fully saturated rings. The Hall–Kier alpha value is -2.19. The van der Waals surface area contributed by atoms with Crippen molar-refractivity contribution in [1.29, 1.82) is 0 Å². The quantitative estimate of drug-likeness (QED) is 0.780. The zero-order valence-electron chi connectivity index (χ0n) is 12.5. The first-order valence-electron chi connectivity index (χ1n) is 7.39. The van der Waals surface area contributed by atoms with Crippen LogP contribution in [-0.2, 0) is 6.42 Å². The van der Waals surface area contributed by atoms with E-state index in [9.17, 15) is 0 Å². The van der Waals surface area contributed by atoms with Crippen LogP contribution < -0.4 is 5.73 Å². The second-order valence-electron chi connectivity index (χ2n) is 5.45. The Bertz CT molecular complexity index is 777. The Morgan fingerprint density at radius 2 is 1.86 bits per heavy atom. The summed E-state index contributed by atoms with van der Waals surface area (Å²) in [6.07, 6.45) is 1.02. The number of hydrogen-bond acceptors (Lipinski definition) is 2. The van der Waals surface area contributed by atoms with Crippen molar-refractivity contribution in [3.63, 3.8) is 0 Å². The van der Waals surface area contributed by atoms with E-state index in [1.165, 1.54) is 5.56 Å². The van der Waals surface area contributed by atoms with Crippen molar-refractivity contribution in [2.75, 3.05) is 0 Å². The molecule has 0 spiro atoms. The maximum atomic E-state index is 6.55. The highest BCUT2D eigenvalue weighted by Crippen LogP contribution is 2.27. The van der Waals surface area contributed by atoms with Crippen molar-refractivity contribution < 1.29 is 0 Å². The summed E-state index contributed by atoms with van der Waals surface area (Å²) in [6, 6.07) is 18.7. The van der Waals surface area contributed by atoms with Crippen LogP contribution in [0, 0.1) is 6.92 Å². The number of nitrogens with two attached hydrogens (primary N) is 1. The number of aryl methyl sites for hydroxylation is 2.